The van der Waals surface area contributed by atoms with E-state index in [-0.39, 0.29) is 5.91 Å². The van der Waals surface area contributed by atoms with Gasteiger partial charge >= 0.3 is 0 Å². The molecule has 9 nitrogen and oxygen atoms in total. The third kappa shape index (κ3) is 5.41. The van der Waals surface area contributed by atoms with Crippen LogP contribution in [0.1, 0.15) is 57.9 Å². The number of nitrogens with one attached hydrogen (secondary N) is 2. The molecule has 0 radical (unpaired) electrons. The van der Waals surface area contributed by atoms with Crippen LogP contribution in [0.25, 0.3) is 0 Å². The Bertz CT molecular complexity index is 969. The van der Waals surface area contributed by atoms with E-state index in [9.17, 15) is 4.79 Å². The van der Waals surface area contributed by atoms with Crippen LogP contribution < -0.4 is 10.6 Å². The molecular weight excluding hydrogens is 440 g/mol. The first-order valence-corrected chi connectivity index (χ1v) is 12.6. The van der Waals surface area contributed by atoms with E-state index in [0.29, 0.717) is 41.8 Å². The molecule has 1 unspecified atom stereocenters. The first kappa shape index (κ1) is 22.4. The number of hydrogen-bond acceptors (Lipinski definition) is 7. The number of halogens is 1. The Balaban J connectivity index is 1.12. The summed E-state index contributed by atoms with van der Waals surface area (Å²) in [6, 6.07) is 1.63. The number of carbonyl (C=O) groups is 1. The van der Waals surface area contributed by atoms with Crippen molar-refractivity contribution in [3.8, 4) is 0 Å². The van der Waals surface area contributed by atoms with Crippen LogP contribution in [0, 0.1) is 0 Å². The maximum atomic E-state index is 11.9. The van der Waals surface area contributed by atoms with Gasteiger partial charge in [-0.15, -0.1) is 0 Å². The molecule has 2 aliphatic heterocycles. The van der Waals surface area contributed by atoms with Gasteiger partial charge < -0.3 is 20.4 Å². The third-order valence-electron chi connectivity index (χ3n) is 7.03. The summed E-state index contributed by atoms with van der Waals surface area (Å²) >= 11 is 6.30. The van der Waals surface area contributed by atoms with Gasteiger partial charge in [0.25, 0.3) is 0 Å². The SMILES string of the molecule is CC1CCC(=O)N1CCCNc1nc(Nc2cnn(C3CCN(C4CC4)CC3)c2)ncc1Cl. The van der Waals surface area contributed by atoms with E-state index in [1.54, 1.807) is 6.20 Å². The second kappa shape index (κ2) is 9.85. The zero-order chi connectivity index (χ0) is 22.8. The molecule has 0 spiro atoms. The molecule has 1 aliphatic carbocycles. The van der Waals surface area contributed by atoms with Crippen LogP contribution in [0.5, 0.6) is 0 Å². The Kier molecular flexibility index (Phi) is 6.69. The van der Waals surface area contributed by atoms with Gasteiger partial charge in [-0.1, -0.05) is 11.6 Å². The lowest BCUT2D eigenvalue weighted by Gasteiger charge is -2.31. The van der Waals surface area contributed by atoms with E-state index in [0.717, 1.165) is 57.0 Å². The number of aromatic nitrogens is 4. The molecular formula is C23H33ClN8O. The largest absolute Gasteiger partial charge is 0.369 e. The van der Waals surface area contributed by atoms with Crippen molar-refractivity contribution < 1.29 is 4.79 Å². The highest BCUT2D eigenvalue weighted by Crippen LogP contribution is 2.32. The second-order valence-corrected chi connectivity index (χ2v) is 9.88. The van der Waals surface area contributed by atoms with Gasteiger partial charge in [0, 0.05) is 50.9 Å². The Labute approximate surface area is 199 Å². The van der Waals surface area contributed by atoms with Crippen LogP contribution in [0.2, 0.25) is 5.02 Å². The van der Waals surface area contributed by atoms with Crippen molar-refractivity contribution in [1.29, 1.82) is 0 Å². The lowest BCUT2D eigenvalue weighted by molar-refractivity contribution is -0.128. The van der Waals surface area contributed by atoms with Crippen molar-refractivity contribution in [2.75, 3.05) is 36.8 Å². The molecule has 10 heteroatoms. The molecule has 0 bridgehead atoms. The van der Waals surface area contributed by atoms with Crippen molar-refractivity contribution in [1.82, 2.24) is 29.5 Å². The highest BCUT2D eigenvalue weighted by molar-refractivity contribution is 6.32. The Morgan fingerprint density at radius 3 is 2.67 bits per heavy atom. The number of nitrogens with zero attached hydrogens (tertiary/aromatic N) is 6. The summed E-state index contributed by atoms with van der Waals surface area (Å²) in [5.41, 5.74) is 0.870. The molecule has 5 rings (SSSR count). The van der Waals surface area contributed by atoms with Crippen LogP contribution in [0.3, 0.4) is 0 Å². The monoisotopic (exact) mass is 472 g/mol. The van der Waals surface area contributed by atoms with Gasteiger partial charge in [0.1, 0.15) is 10.8 Å². The maximum absolute atomic E-state index is 11.9. The van der Waals surface area contributed by atoms with Gasteiger partial charge in [-0.25, -0.2) is 4.98 Å². The molecule has 2 saturated heterocycles. The Hall–Kier alpha value is -2.39. The fourth-order valence-corrected chi connectivity index (χ4v) is 5.07. The first-order valence-electron chi connectivity index (χ1n) is 12.2. The number of anilines is 3. The van der Waals surface area contributed by atoms with Gasteiger partial charge in [-0.05, 0) is 45.4 Å². The highest BCUT2D eigenvalue weighted by atomic mass is 35.5. The van der Waals surface area contributed by atoms with E-state index in [1.165, 1.54) is 12.8 Å². The van der Waals surface area contributed by atoms with Crippen molar-refractivity contribution in [2.24, 2.45) is 0 Å². The number of hydrogen-bond donors (Lipinski definition) is 2. The van der Waals surface area contributed by atoms with Crippen LogP contribution in [0.4, 0.5) is 17.5 Å². The first-order chi connectivity index (χ1) is 16.1. The lowest BCUT2D eigenvalue weighted by atomic mass is 10.1. The Morgan fingerprint density at radius 1 is 1.12 bits per heavy atom. The second-order valence-electron chi connectivity index (χ2n) is 9.48. The molecule has 1 amide bonds. The summed E-state index contributed by atoms with van der Waals surface area (Å²) in [5.74, 6) is 1.33. The predicted molar refractivity (Wildman–Crippen MR) is 129 cm³/mol. The maximum Gasteiger partial charge on any atom is 0.229 e. The summed E-state index contributed by atoms with van der Waals surface area (Å²) in [5, 5.41) is 11.6. The molecule has 1 saturated carbocycles. The molecule has 2 aromatic heterocycles. The molecule has 2 aromatic rings. The number of likely N-dealkylation sites (tertiary alicyclic amines) is 2. The van der Waals surface area contributed by atoms with Crippen LogP contribution in [-0.4, -0.2) is 73.7 Å². The minimum absolute atomic E-state index is 0.253. The summed E-state index contributed by atoms with van der Waals surface area (Å²) in [7, 11) is 0. The van der Waals surface area contributed by atoms with E-state index >= 15 is 0 Å². The molecule has 3 aliphatic rings. The van der Waals surface area contributed by atoms with Gasteiger partial charge in [0.15, 0.2) is 0 Å². The number of rotatable bonds is 9. The van der Waals surface area contributed by atoms with Crippen LogP contribution in [0.15, 0.2) is 18.6 Å². The summed E-state index contributed by atoms with van der Waals surface area (Å²) < 4.78 is 2.07. The predicted octanol–water partition coefficient (Wildman–Crippen LogP) is 3.68. The number of carbonyl (C=O) groups excluding carboxylic acids is 1. The molecule has 1 atom stereocenters. The van der Waals surface area contributed by atoms with Crippen molar-refractivity contribution in [3.63, 3.8) is 0 Å². The van der Waals surface area contributed by atoms with Gasteiger partial charge in [0.05, 0.1) is 24.1 Å². The fraction of sp³-hybridized carbons (Fsp3) is 0.652. The summed E-state index contributed by atoms with van der Waals surface area (Å²) in [6.45, 7) is 5.87. The van der Waals surface area contributed by atoms with E-state index < -0.39 is 0 Å². The molecule has 178 valence electrons. The standard InChI is InChI=1S/C23H33ClN8O/c1-16-3-6-21(33)31(16)10-2-9-25-22-20(24)14-26-23(29-22)28-17-13-27-32(15-17)19-7-11-30(12-8-19)18-4-5-18/h13-16,18-19H,2-12H2,1H3,(H2,25,26,28,29). The van der Waals surface area contributed by atoms with Crippen molar-refractivity contribution in [2.45, 2.75) is 70.0 Å². The van der Waals surface area contributed by atoms with Crippen LogP contribution >= 0.6 is 11.6 Å². The quantitative estimate of drug-likeness (QED) is 0.538. The van der Waals surface area contributed by atoms with E-state index in [1.807, 2.05) is 17.3 Å². The smallest absolute Gasteiger partial charge is 0.229 e. The van der Waals surface area contributed by atoms with E-state index in [2.05, 4.69) is 42.2 Å². The van der Waals surface area contributed by atoms with Crippen molar-refractivity contribution >= 4 is 35.0 Å². The summed E-state index contributed by atoms with van der Waals surface area (Å²) in [4.78, 5) is 25.3. The molecule has 33 heavy (non-hydrogen) atoms. The molecule has 4 heterocycles. The third-order valence-corrected chi connectivity index (χ3v) is 7.31. The molecule has 3 fully saturated rings. The van der Waals surface area contributed by atoms with Gasteiger partial charge in [-0.3, -0.25) is 9.48 Å². The van der Waals surface area contributed by atoms with E-state index in [4.69, 9.17) is 11.6 Å². The molecule has 2 N–H and O–H groups in total. The zero-order valence-corrected chi connectivity index (χ0v) is 20.0. The minimum Gasteiger partial charge on any atom is -0.369 e. The Morgan fingerprint density at radius 2 is 1.94 bits per heavy atom. The van der Waals surface area contributed by atoms with Gasteiger partial charge in [-0.2, -0.15) is 10.1 Å². The lowest BCUT2D eigenvalue weighted by Crippen LogP contribution is -2.36. The average Bonchev–Trinajstić information content (AvgIpc) is 3.49. The minimum atomic E-state index is 0.253. The number of piperidine rings is 1. The van der Waals surface area contributed by atoms with Gasteiger partial charge in [0.2, 0.25) is 11.9 Å². The average molecular weight is 473 g/mol. The van der Waals surface area contributed by atoms with Crippen molar-refractivity contribution in [3.05, 3.63) is 23.6 Å². The fourth-order valence-electron chi connectivity index (χ4n) is 4.92. The number of amides is 1. The molecule has 0 aromatic carbocycles. The van der Waals surface area contributed by atoms with Crippen LogP contribution in [-0.2, 0) is 4.79 Å². The zero-order valence-electron chi connectivity index (χ0n) is 19.2. The summed E-state index contributed by atoms with van der Waals surface area (Å²) in [6.07, 6.45) is 13.0. The topological polar surface area (TPSA) is 91.2 Å². The normalized spacial score (nSPS) is 22.2. The highest BCUT2D eigenvalue weighted by Gasteiger charge is 2.32.